The summed E-state index contributed by atoms with van der Waals surface area (Å²) < 4.78 is 0. The lowest BCUT2D eigenvalue weighted by atomic mass is 9.66. The van der Waals surface area contributed by atoms with Crippen molar-refractivity contribution in [3.8, 4) is 0 Å². The Morgan fingerprint density at radius 1 is 1.24 bits per heavy atom. The molecule has 1 aromatic carbocycles. The zero-order chi connectivity index (χ0) is 18.6. The van der Waals surface area contributed by atoms with E-state index < -0.39 is 11.4 Å². The molecule has 136 valence electrons. The Morgan fingerprint density at radius 2 is 1.88 bits per heavy atom. The lowest BCUT2D eigenvalue weighted by Gasteiger charge is -2.36. The monoisotopic (exact) mass is 366 g/mol. The predicted octanol–water partition coefficient (Wildman–Crippen LogP) is 3.41. The van der Waals surface area contributed by atoms with Gasteiger partial charge in [0.15, 0.2) is 0 Å². The fourth-order valence-electron chi connectivity index (χ4n) is 3.03. The van der Waals surface area contributed by atoms with E-state index in [4.69, 9.17) is 11.6 Å². The average molecular weight is 367 g/mol. The second kappa shape index (κ2) is 7.87. The lowest BCUT2D eigenvalue weighted by Crippen LogP contribution is -2.41. The van der Waals surface area contributed by atoms with Crippen molar-refractivity contribution in [3.63, 3.8) is 0 Å². The van der Waals surface area contributed by atoms with Crippen molar-refractivity contribution < 1.29 is 19.5 Å². The summed E-state index contributed by atoms with van der Waals surface area (Å²) in [7, 11) is 0. The van der Waals surface area contributed by atoms with Gasteiger partial charge in [-0.05, 0) is 44.9 Å². The van der Waals surface area contributed by atoms with Gasteiger partial charge in [0.2, 0.25) is 5.91 Å². The van der Waals surface area contributed by atoms with E-state index >= 15 is 0 Å². The first-order chi connectivity index (χ1) is 11.8. The third-order valence-electron chi connectivity index (χ3n) is 4.80. The van der Waals surface area contributed by atoms with E-state index in [0.29, 0.717) is 37.2 Å². The number of hydrogen-bond acceptors (Lipinski definition) is 3. The van der Waals surface area contributed by atoms with E-state index in [0.717, 1.165) is 6.42 Å². The van der Waals surface area contributed by atoms with Gasteiger partial charge in [0.25, 0.3) is 5.91 Å². The molecule has 1 saturated carbocycles. The molecule has 0 unspecified atom stereocenters. The summed E-state index contributed by atoms with van der Waals surface area (Å²) in [5.74, 6) is -1.44. The highest BCUT2D eigenvalue weighted by Gasteiger charge is 2.45. The molecule has 0 bridgehead atoms. The van der Waals surface area contributed by atoms with Gasteiger partial charge in [-0.25, -0.2) is 0 Å². The molecule has 0 saturated heterocycles. The molecule has 1 aliphatic carbocycles. The van der Waals surface area contributed by atoms with Crippen LogP contribution in [0, 0.1) is 5.41 Å². The van der Waals surface area contributed by atoms with E-state index in [-0.39, 0.29) is 23.3 Å². The Balaban J connectivity index is 2.06. The molecular formula is C18H23ClN2O4. The van der Waals surface area contributed by atoms with Crippen molar-refractivity contribution >= 4 is 35.1 Å². The highest BCUT2D eigenvalue weighted by molar-refractivity contribution is 6.34. The Morgan fingerprint density at radius 3 is 2.32 bits per heavy atom. The molecule has 2 N–H and O–H groups in total. The van der Waals surface area contributed by atoms with Crippen molar-refractivity contribution in [2.24, 2.45) is 5.41 Å². The second-order valence-electron chi connectivity index (χ2n) is 6.34. The molecule has 0 radical (unpaired) electrons. The van der Waals surface area contributed by atoms with Crippen molar-refractivity contribution in [2.45, 2.75) is 39.5 Å². The number of amides is 2. The minimum Gasteiger partial charge on any atom is -0.481 e. The van der Waals surface area contributed by atoms with E-state index in [1.165, 1.54) is 6.07 Å². The van der Waals surface area contributed by atoms with Crippen LogP contribution in [0.15, 0.2) is 18.2 Å². The van der Waals surface area contributed by atoms with Crippen molar-refractivity contribution in [1.29, 1.82) is 0 Å². The zero-order valence-electron chi connectivity index (χ0n) is 14.5. The molecule has 2 rings (SSSR count). The van der Waals surface area contributed by atoms with Gasteiger partial charge < -0.3 is 15.3 Å². The van der Waals surface area contributed by atoms with Crippen LogP contribution >= 0.6 is 11.6 Å². The molecule has 6 nitrogen and oxygen atoms in total. The predicted molar refractivity (Wildman–Crippen MR) is 95.9 cm³/mol. The summed E-state index contributed by atoms with van der Waals surface area (Å²) in [6.07, 6.45) is 1.81. The van der Waals surface area contributed by atoms with Crippen LogP contribution in [0.25, 0.3) is 0 Å². The molecule has 1 aliphatic rings. The fourth-order valence-corrected chi connectivity index (χ4v) is 3.29. The summed E-state index contributed by atoms with van der Waals surface area (Å²) >= 11 is 6.19. The summed E-state index contributed by atoms with van der Waals surface area (Å²) in [4.78, 5) is 37.5. The molecule has 25 heavy (non-hydrogen) atoms. The van der Waals surface area contributed by atoms with Crippen LogP contribution in [-0.4, -0.2) is 40.9 Å². The van der Waals surface area contributed by atoms with Gasteiger partial charge in [-0.15, -0.1) is 0 Å². The first-order valence-corrected chi connectivity index (χ1v) is 8.83. The second-order valence-corrected chi connectivity index (χ2v) is 6.74. The first-order valence-electron chi connectivity index (χ1n) is 8.45. The molecule has 0 heterocycles. The van der Waals surface area contributed by atoms with Gasteiger partial charge in [0.1, 0.15) is 0 Å². The molecule has 2 amide bonds. The van der Waals surface area contributed by atoms with Crippen LogP contribution in [-0.2, 0) is 9.59 Å². The molecule has 1 aromatic rings. The van der Waals surface area contributed by atoms with Crippen LogP contribution in [0.1, 0.15) is 49.9 Å². The molecule has 7 heteroatoms. The third-order valence-corrected chi connectivity index (χ3v) is 5.11. The molecule has 1 fully saturated rings. The number of carbonyl (C=O) groups excluding carboxylic acids is 2. The van der Waals surface area contributed by atoms with E-state index in [1.54, 1.807) is 17.0 Å². The topological polar surface area (TPSA) is 86.7 Å². The number of anilines is 1. The highest BCUT2D eigenvalue weighted by atomic mass is 35.5. The Bertz CT molecular complexity index is 682. The molecule has 0 atom stereocenters. The van der Waals surface area contributed by atoms with Gasteiger partial charge >= 0.3 is 5.97 Å². The Labute approximate surface area is 152 Å². The number of carboxylic acids is 1. The van der Waals surface area contributed by atoms with Gasteiger partial charge in [0.05, 0.1) is 16.0 Å². The number of hydrogen-bond donors (Lipinski definition) is 2. The maximum Gasteiger partial charge on any atom is 0.310 e. The van der Waals surface area contributed by atoms with Crippen molar-refractivity contribution in [1.82, 2.24) is 4.90 Å². The summed E-state index contributed by atoms with van der Waals surface area (Å²) in [6.45, 7) is 4.95. The normalized spacial score (nSPS) is 15.2. The third kappa shape index (κ3) is 4.12. The van der Waals surface area contributed by atoms with Gasteiger partial charge in [-0.3, -0.25) is 14.4 Å². The van der Waals surface area contributed by atoms with Crippen molar-refractivity contribution in [3.05, 3.63) is 28.8 Å². The quantitative estimate of drug-likeness (QED) is 0.774. The SMILES string of the molecule is CCN(CC)C(=O)c1ccc(NC(=O)CC2(C(=O)O)CCC2)cc1Cl. The maximum atomic E-state index is 12.4. The average Bonchev–Trinajstić information content (AvgIpc) is 2.51. The molecule has 0 aromatic heterocycles. The smallest absolute Gasteiger partial charge is 0.310 e. The van der Waals surface area contributed by atoms with Crippen LogP contribution < -0.4 is 5.32 Å². The Kier molecular flexibility index (Phi) is 6.06. The summed E-state index contributed by atoms with van der Waals surface area (Å²) in [5, 5.41) is 12.2. The van der Waals surface area contributed by atoms with Crippen LogP contribution in [0.3, 0.4) is 0 Å². The number of nitrogens with one attached hydrogen (secondary N) is 1. The maximum absolute atomic E-state index is 12.4. The fraction of sp³-hybridized carbons (Fsp3) is 0.500. The standard InChI is InChI=1S/C18H23ClN2O4/c1-3-21(4-2)16(23)13-7-6-12(10-14(13)19)20-15(22)11-18(17(24)25)8-5-9-18/h6-7,10H,3-5,8-9,11H2,1-2H3,(H,20,22)(H,24,25). The molecular weight excluding hydrogens is 344 g/mol. The number of benzene rings is 1. The van der Waals surface area contributed by atoms with Crippen molar-refractivity contribution in [2.75, 3.05) is 18.4 Å². The summed E-state index contributed by atoms with van der Waals surface area (Å²) in [5.41, 5.74) is -0.109. The number of rotatable bonds is 7. The summed E-state index contributed by atoms with van der Waals surface area (Å²) in [6, 6.07) is 4.70. The minimum atomic E-state index is -0.938. The van der Waals surface area contributed by atoms with Gasteiger partial charge in [-0.2, -0.15) is 0 Å². The highest BCUT2D eigenvalue weighted by Crippen LogP contribution is 2.44. The van der Waals surface area contributed by atoms with E-state index in [9.17, 15) is 19.5 Å². The largest absolute Gasteiger partial charge is 0.481 e. The van der Waals surface area contributed by atoms with Crippen LogP contribution in [0.5, 0.6) is 0 Å². The van der Waals surface area contributed by atoms with Gasteiger partial charge in [-0.1, -0.05) is 18.0 Å². The molecule has 0 aliphatic heterocycles. The van der Waals surface area contributed by atoms with E-state index in [2.05, 4.69) is 5.32 Å². The first kappa shape index (κ1) is 19.2. The number of nitrogens with zero attached hydrogens (tertiary/aromatic N) is 1. The zero-order valence-corrected chi connectivity index (χ0v) is 15.2. The number of halogens is 1. The Hall–Kier alpha value is -2.08. The van der Waals surface area contributed by atoms with Gasteiger partial charge in [0, 0.05) is 25.2 Å². The number of carbonyl (C=O) groups is 3. The molecule has 0 spiro atoms. The van der Waals surface area contributed by atoms with Crippen LogP contribution in [0.4, 0.5) is 5.69 Å². The minimum absolute atomic E-state index is 0.0555. The van der Waals surface area contributed by atoms with Crippen LogP contribution in [0.2, 0.25) is 5.02 Å². The number of aliphatic carboxylic acids is 1. The number of carboxylic acid groups (broad SMARTS) is 1. The van der Waals surface area contributed by atoms with E-state index in [1.807, 2.05) is 13.8 Å². The lowest BCUT2D eigenvalue weighted by molar-refractivity contribution is -0.157.